The van der Waals surface area contributed by atoms with E-state index in [1.165, 1.54) is 12.1 Å². The van der Waals surface area contributed by atoms with Crippen molar-refractivity contribution in [1.29, 1.82) is 5.26 Å². The first-order chi connectivity index (χ1) is 7.45. The predicted molar refractivity (Wildman–Crippen MR) is 59.1 cm³/mol. The first-order valence-electron chi connectivity index (χ1n) is 5.15. The quantitative estimate of drug-likeness (QED) is 0.781. The van der Waals surface area contributed by atoms with Gasteiger partial charge in [-0.1, -0.05) is 12.1 Å². The van der Waals surface area contributed by atoms with E-state index >= 15 is 0 Å². The van der Waals surface area contributed by atoms with Crippen LogP contribution in [0.3, 0.4) is 0 Å². The summed E-state index contributed by atoms with van der Waals surface area (Å²) in [7, 11) is 0. The van der Waals surface area contributed by atoms with Crippen LogP contribution in [0.25, 0.3) is 0 Å². The number of hydrogen-bond acceptors (Lipinski definition) is 2. The van der Waals surface area contributed by atoms with Gasteiger partial charge < -0.3 is 0 Å². The number of Topliss-reactive ketones (excluding diaryl/α,β-unsaturated/α-hetero) is 1. The highest BCUT2D eigenvalue weighted by Crippen LogP contribution is 2.18. The molecule has 1 aromatic carbocycles. The zero-order chi connectivity index (χ0) is 12.2. The summed E-state index contributed by atoms with van der Waals surface area (Å²) in [4.78, 5) is 11.6. The Hall–Kier alpha value is -1.69. The summed E-state index contributed by atoms with van der Waals surface area (Å²) in [5, 5.41) is 8.77. The van der Waals surface area contributed by atoms with Gasteiger partial charge >= 0.3 is 0 Å². The Bertz CT molecular complexity index is 432. The number of halogens is 1. The average molecular weight is 219 g/mol. The van der Waals surface area contributed by atoms with E-state index in [-0.39, 0.29) is 18.0 Å². The largest absolute Gasteiger partial charge is 0.298 e. The van der Waals surface area contributed by atoms with Crippen LogP contribution in [0.2, 0.25) is 0 Å². The van der Waals surface area contributed by atoms with Crippen LogP contribution in [0.4, 0.5) is 4.39 Å². The lowest BCUT2D eigenvalue weighted by atomic mass is 9.87. The Kier molecular flexibility index (Phi) is 3.78. The van der Waals surface area contributed by atoms with Gasteiger partial charge in [0.2, 0.25) is 0 Å². The van der Waals surface area contributed by atoms with Crippen LogP contribution >= 0.6 is 0 Å². The van der Waals surface area contributed by atoms with E-state index in [1.54, 1.807) is 26.0 Å². The van der Waals surface area contributed by atoms with Crippen molar-refractivity contribution in [2.24, 2.45) is 5.41 Å². The van der Waals surface area contributed by atoms with Gasteiger partial charge in [-0.25, -0.2) is 4.39 Å². The Morgan fingerprint density at radius 1 is 1.50 bits per heavy atom. The maximum absolute atomic E-state index is 12.9. The summed E-state index contributed by atoms with van der Waals surface area (Å²) < 4.78 is 12.9. The predicted octanol–water partition coefficient (Wildman–Crippen LogP) is 2.88. The van der Waals surface area contributed by atoms with Gasteiger partial charge in [0.05, 0.1) is 6.07 Å². The lowest BCUT2D eigenvalue weighted by molar-refractivity contribution is -0.124. The van der Waals surface area contributed by atoms with E-state index in [2.05, 4.69) is 0 Å². The topological polar surface area (TPSA) is 40.9 Å². The number of carbonyl (C=O) groups excluding carboxylic acids is 1. The minimum absolute atomic E-state index is 0.112. The van der Waals surface area contributed by atoms with E-state index in [0.29, 0.717) is 6.42 Å². The number of benzene rings is 1. The van der Waals surface area contributed by atoms with Crippen molar-refractivity contribution < 1.29 is 9.18 Å². The smallest absolute Gasteiger partial charge is 0.152 e. The molecular weight excluding hydrogens is 205 g/mol. The molecule has 0 amide bonds. The maximum Gasteiger partial charge on any atom is 0.152 e. The second kappa shape index (κ2) is 4.89. The zero-order valence-electron chi connectivity index (χ0n) is 9.46. The molecule has 0 radical (unpaired) electrons. The molecule has 0 heterocycles. The molecule has 0 aliphatic carbocycles. The number of nitriles is 1. The fourth-order valence-electron chi connectivity index (χ4n) is 1.33. The minimum atomic E-state index is -0.951. The molecule has 1 aromatic rings. The normalized spacial score (nSPS) is 10.9. The molecule has 3 heteroatoms. The van der Waals surface area contributed by atoms with E-state index < -0.39 is 5.41 Å². The third kappa shape index (κ3) is 3.16. The zero-order valence-corrected chi connectivity index (χ0v) is 9.46. The van der Waals surface area contributed by atoms with E-state index in [1.807, 2.05) is 6.07 Å². The first-order valence-corrected chi connectivity index (χ1v) is 5.15. The van der Waals surface area contributed by atoms with Crippen molar-refractivity contribution in [2.75, 3.05) is 0 Å². The van der Waals surface area contributed by atoms with Gasteiger partial charge in [-0.15, -0.1) is 0 Å². The summed E-state index contributed by atoms with van der Waals surface area (Å²) >= 11 is 0. The molecule has 0 atom stereocenters. The Labute approximate surface area is 94.7 Å². The molecule has 0 fully saturated rings. The first kappa shape index (κ1) is 12.4. The molecular formula is C13H14FNO. The van der Waals surface area contributed by atoms with Crippen LogP contribution in [0, 0.1) is 22.6 Å². The molecule has 0 saturated carbocycles. The summed E-state index contributed by atoms with van der Waals surface area (Å²) in [6.45, 7) is 3.20. The maximum atomic E-state index is 12.9. The second-order valence-electron chi connectivity index (χ2n) is 4.29. The highest BCUT2D eigenvalue weighted by molar-refractivity contribution is 5.86. The van der Waals surface area contributed by atoms with Crippen LogP contribution < -0.4 is 0 Å². The number of rotatable bonds is 4. The Balaban J connectivity index is 2.60. The van der Waals surface area contributed by atoms with Crippen molar-refractivity contribution in [2.45, 2.75) is 26.7 Å². The van der Waals surface area contributed by atoms with E-state index in [9.17, 15) is 9.18 Å². The van der Waals surface area contributed by atoms with E-state index in [4.69, 9.17) is 5.26 Å². The average Bonchev–Trinajstić information content (AvgIpc) is 2.26. The fourth-order valence-corrected chi connectivity index (χ4v) is 1.33. The Morgan fingerprint density at radius 2 is 2.19 bits per heavy atom. The van der Waals surface area contributed by atoms with Crippen LogP contribution in [-0.4, -0.2) is 5.78 Å². The van der Waals surface area contributed by atoms with E-state index in [0.717, 1.165) is 5.56 Å². The number of aryl methyl sites for hydroxylation is 1. The molecule has 1 rings (SSSR count). The molecule has 16 heavy (non-hydrogen) atoms. The summed E-state index contributed by atoms with van der Waals surface area (Å²) in [5.41, 5.74) is -0.171. The third-order valence-electron chi connectivity index (χ3n) is 2.51. The summed E-state index contributed by atoms with van der Waals surface area (Å²) in [6.07, 6.45) is 0.742. The van der Waals surface area contributed by atoms with Gasteiger partial charge in [0.15, 0.2) is 5.78 Å². The van der Waals surface area contributed by atoms with Gasteiger partial charge in [-0.3, -0.25) is 4.79 Å². The number of ketones is 1. The molecule has 84 valence electrons. The molecule has 0 spiro atoms. The van der Waals surface area contributed by atoms with Gasteiger partial charge in [0.25, 0.3) is 0 Å². The van der Waals surface area contributed by atoms with Crippen LogP contribution in [0.5, 0.6) is 0 Å². The number of hydrogen-bond donors (Lipinski definition) is 0. The van der Waals surface area contributed by atoms with Crippen LogP contribution in [0.1, 0.15) is 25.8 Å². The lowest BCUT2D eigenvalue weighted by Crippen LogP contribution is -2.22. The standard InChI is InChI=1S/C13H14FNO/c1-13(2,9-15)12(16)7-6-10-4-3-5-11(14)8-10/h3-5,8H,6-7H2,1-2H3. The molecule has 0 bridgehead atoms. The van der Waals surface area contributed by atoms with Crippen molar-refractivity contribution in [3.8, 4) is 6.07 Å². The SMILES string of the molecule is CC(C)(C#N)C(=O)CCc1cccc(F)c1. The molecule has 0 N–H and O–H groups in total. The lowest BCUT2D eigenvalue weighted by Gasteiger charge is -2.13. The second-order valence-corrected chi connectivity index (χ2v) is 4.29. The molecule has 0 aromatic heterocycles. The van der Waals surface area contributed by atoms with Gasteiger partial charge in [-0.2, -0.15) is 5.26 Å². The fraction of sp³-hybridized carbons (Fsp3) is 0.385. The highest BCUT2D eigenvalue weighted by atomic mass is 19.1. The van der Waals surface area contributed by atoms with Crippen LogP contribution in [0.15, 0.2) is 24.3 Å². The summed E-state index contributed by atoms with van der Waals surface area (Å²) in [6, 6.07) is 8.13. The number of nitrogens with zero attached hydrogens (tertiary/aromatic N) is 1. The molecule has 0 saturated heterocycles. The van der Waals surface area contributed by atoms with Crippen molar-refractivity contribution in [3.05, 3.63) is 35.6 Å². The molecule has 0 aliphatic rings. The van der Waals surface area contributed by atoms with Crippen molar-refractivity contribution >= 4 is 5.78 Å². The van der Waals surface area contributed by atoms with Gasteiger partial charge in [0.1, 0.15) is 11.2 Å². The van der Waals surface area contributed by atoms with Crippen LogP contribution in [-0.2, 0) is 11.2 Å². The molecule has 2 nitrogen and oxygen atoms in total. The minimum Gasteiger partial charge on any atom is -0.298 e. The van der Waals surface area contributed by atoms with Gasteiger partial charge in [0, 0.05) is 6.42 Å². The van der Waals surface area contributed by atoms with Crippen molar-refractivity contribution in [1.82, 2.24) is 0 Å². The summed E-state index contributed by atoms with van der Waals surface area (Å²) in [5.74, 6) is -0.413. The molecule has 0 aliphatic heterocycles. The van der Waals surface area contributed by atoms with Gasteiger partial charge in [-0.05, 0) is 38.0 Å². The molecule has 0 unspecified atom stereocenters. The monoisotopic (exact) mass is 219 g/mol. The number of carbonyl (C=O) groups is 1. The third-order valence-corrected chi connectivity index (χ3v) is 2.51. The highest BCUT2D eigenvalue weighted by Gasteiger charge is 2.26. The Morgan fingerprint density at radius 3 is 2.75 bits per heavy atom. The van der Waals surface area contributed by atoms with Crippen molar-refractivity contribution in [3.63, 3.8) is 0 Å².